The van der Waals surface area contributed by atoms with E-state index in [1.54, 1.807) is 0 Å². The maximum Gasteiger partial charge on any atom is 0.306 e. The van der Waals surface area contributed by atoms with E-state index in [1.165, 1.54) is 38.5 Å². The number of carbonyl (C=O) groups is 3. The molecule has 0 radical (unpaired) electrons. The molecule has 1 unspecified atom stereocenters. The van der Waals surface area contributed by atoms with Gasteiger partial charge in [0, 0.05) is 19.3 Å². The smallest absolute Gasteiger partial charge is 0.306 e. The van der Waals surface area contributed by atoms with Crippen molar-refractivity contribution in [3.63, 3.8) is 0 Å². The molecule has 6 heteroatoms. The van der Waals surface area contributed by atoms with Crippen LogP contribution >= 0.6 is 0 Å². The summed E-state index contributed by atoms with van der Waals surface area (Å²) in [4.78, 5) is 37.9. The van der Waals surface area contributed by atoms with Crippen molar-refractivity contribution in [2.24, 2.45) is 0 Å². The van der Waals surface area contributed by atoms with Gasteiger partial charge in [-0.2, -0.15) is 0 Å². The van der Waals surface area contributed by atoms with Crippen LogP contribution in [0.5, 0.6) is 0 Å². The van der Waals surface area contributed by atoms with Crippen LogP contribution < -0.4 is 0 Å². The predicted molar refractivity (Wildman–Crippen MR) is 265 cm³/mol. The van der Waals surface area contributed by atoms with E-state index >= 15 is 0 Å². The molecule has 6 nitrogen and oxygen atoms in total. The van der Waals surface area contributed by atoms with Crippen LogP contribution in [0.1, 0.15) is 207 Å². The molecule has 0 heterocycles. The molecule has 0 spiro atoms. The molecule has 0 aromatic heterocycles. The third-order valence-corrected chi connectivity index (χ3v) is 10.1. The van der Waals surface area contributed by atoms with E-state index < -0.39 is 6.10 Å². The Kier molecular flexibility index (Phi) is 46.6. The molecule has 0 aliphatic heterocycles. The van der Waals surface area contributed by atoms with Gasteiger partial charge in [0.15, 0.2) is 6.10 Å². The fraction of sp³-hybridized carbons (Fsp3) is 0.625. The minimum atomic E-state index is -0.805. The number of ether oxygens (including phenoxy) is 3. The van der Waals surface area contributed by atoms with E-state index in [9.17, 15) is 14.4 Å². The van der Waals surface area contributed by atoms with Crippen LogP contribution in [0.25, 0.3) is 0 Å². The van der Waals surface area contributed by atoms with Crippen LogP contribution in [0.3, 0.4) is 0 Å². The fourth-order valence-electron chi connectivity index (χ4n) is 6.40. The van der Waals surface area contributed by atoms with E-state index in [0.29, 0.717) is 19.3 Å². The third-order valence-electron chi connectivity index (χ3n) is 10.1. The number of rotatable bonds is 43. The summed E-state index contributed by atoms with van der Waals surface area (Å²) in [6.07, 6.45) is 66.3. The molecule has 0 aliphatic rings. The normalized spacial score (nSPS) is 13.0. The first kappa shape index (κ1) is 58.1. The van der Waals surface area contributed by atoms with Crippen molar-refractivity contribution in [2.75, 3.05) is 13.2 Å². The van der Waals surface area contributed by atoms with Crippen molar-refractivity contribution < 1.29 is 28.6 Å². The van der Waals surface area contributed by atoms with E-state index in [-0.39, 0.29) is 31.1 Å². The highest BCUT2D eigenvalue weighted by atomic mass is 16.6. The third kappa shape index (κ3) is 47.1. The first-order chi connectivity index (χ1) is 30.5. The number of hydrogen-bond donors (Lipinski definition) is 0. The molecular weight excluding hydrogens is 769 g/mol. The fourth-order valence-corrected chi connectivity index (χ4v) is 6.40. The Hall–Kier alpha value is -3.93. The number of esters is 3. The van der Waals surface area contributed by atoms with Gasteiger partial charge < -0.3 is 14.2 Å². The second-order valence-electron chi connectivity index (χ2n) is 16.1. The number of allylic oxidation sites excluding steroid dienone is 18. The SMILES string of the molecule is CC\C=C/C=C\C=C/C=C\CCCCCCCC(=O)OCC(COC(=O)CCCCCC/C=C\C/C=C\C/C=C\CC)OC(=O)CCCCCCCC/C=C\C=C/CCCCC. The van der Waals surface area contributed by atoms with Gasteiger partial charge >= 0.3 is 17.9 Å². The van der Waals surface area contributed by atoms with Crippen LogP contribution in [0, 0.1) is 0 Å². The highest BCUT2D eigenvalue weighted by molar-refractivity contribution is 5.71. The lowest BCUT2D eigenvalue weighted by molar-refractivity contribution is -0.167. The molecule has 1 atom stereocenters. The summed E-state index contributed by atoms with van der Waals surface area (Å²) in [5.41, 5.74) is 0. The van der Waals surface area contributed by atoms with Gasteiger partial charge in [-0.3, -0.25) is 14.4 Å². The lowest BCUT2D eigenvalue weighted by Gasteiger charge is -2.18. The Morgan fingerprint density at radius 3 is 1.19 bits per heavy atom. The van der Waals surface area contributed by atoms with Crippen molar-refractivity contribution in [1.82, 2.24) is 0 Å². The minimum absolute atomic E-state index is 0.105. The molecule has 0 fully saturated rings. The molecule has 0 saturated heterocycles. The van der Waals surface area contributed by atoms with Crippen molar-refractivity contribution >= 4 is 17.9 Å². The van der Waals surface area contributed by atoms with Crippen LogP contribution in [-0.2, 0) is 28.6 Å². The monoisotopic (exact) mass is 859 g/mol. The maximum absolute atomic E-state index is 12.8. The zero-order valence-electron chi connectivity index (χ0n) is 39.8. The maximum atomic E-state index is 12.8. The predicted octanol–water partition coefficient (Wildman–Crippen LogP) is 16.4. The van der Waals surface area contributed by atoms with Crippen LogP contribution in [0.15, 0.2) is 109 Å². The zero-order valence-corrected chi connectivity index (χ0v) is 39.8. The Morgan fingerprint density at radius 1 is 0.355 bits per heavy atom. The van der Waals surface area contributed by atoms with Gasteiger partial charge in [0.25, 0.3) is 0 Å². The van der Waals surface area contributed by atoms with Crippen LogP contribution in [0.2, 0.25) is 0 Å². The van der Waals surface area contributed by atoms with Crippen molar-refractivity contribution in [2.45, 2.75) is 213 Å². The Bertz CT molecular complexity index is 1310. The van der Waals surface area contributed by atoms with Crippen LogP contribution in [-0.4, -0.2) is 37.2 Å². The van der Waals surface area contributed by atoms with Gasteiger partial charge in [-0.05, 0) is 96.3 Å². The summed E-state index contributed by atoms with van der Waals surface area (Å²) >= 11 is 0. The minimum Gasteiger partial charge on any atom is -0.462 e. The molecule has 0 bridgehead atoms. The van der Waals surface area contributed by atoms with Gasteiger partial charge in [-0.1, -0.05) is 201 Å². The van der Waals surface area contributed by atoms with E-state index in [1.807, 2.05) is 24.3 Å². The quantitative estimate of drug-likeness (QED) is 0.0200. The van der Waals surface area contributed by atoms with E-state index in [4.69, 9.17) is 14.2 Å². The molecule has 0 rings (SSSR count). The lowest BCUT2D eigenvalue weighted by Crippen LogP contribution is -2.30. The highest BCUT2D eigenvalue weighted by Gasteiger charge is 2.19. The molecular formula is C56H90O6. The van der Waals surface area contributed by atoms with Gasteiger partial charge in [0.05, 0.1) is 0 Å². The van der Waals surface area contributed by atoms with Crippen molar-refractivity contribution in [1.29, 1.82) is 0 Å². The summed E-state index contributed by atoms with van der Waals surface area (Å²) in [6.45, 7) is 6.29. The first-order valence-corrected chi connectivity index (χ1v) is 25.0. The lowest BCUT2D eigenvalue weighted by atomic mass is 10.1. The number of unbranched alkanes of at least 4 members (excludes halogenated alkanes) is 18. The first-order valence-electron chi connectivity index (χ1n) is 25.0. The van der Waals surface area contributed by atoms with Gasteiger partial charge in [0.2, 0.25) is 0 Å². The molecule has 0 N–H and O–H groups in total. The van der Waals surface area contributed by atoms with Gasteiger partial charge in [0.1, 0.15) is 13.2 Å². The molecule has 62 heavy (non-hydrogen) atoms. The second kappa shape index (κ2) is 49.7. The largest absolute Gasteiger partial charge is 0.462 e. The molecule has 0 aliphatic carbocycles. The van der Waals surface area contributed by atoms with Gasteiger partial charge in [-0.15, -0.1) is 0 Å². The number of hydrogen-bond acceptors (Lipinski definition) is 6. The summed E-state index contributed by atoms with van der Waals surface area (Å²) < 4.78 is 16.7. The van der Waals surface area contributed by atoms with E-state index in [2.05, 4.69) is 106 Å². The van der Waals surface area contributed by atoms with E-state index in [0.717, 1.165) is 128 Å². The summed E-state index contributed by atoms with van der Waals surface area (Å²) in [5.74, 6) is -0.967. The zero-order chi connectivity index (χ0) is 45.1. The molecule has 0 aromatic rings. The summed E-state index contributed by atoms with van der Waals surface area (Å²) in [5, 5.41) is 0. The van der Waals surface area contributed by atoms with Crippen molar-refractivity contribution in [3.05, 3.63) is 109 Å². The standard InChI is InChI=1S/C56H90O6/c1-4-7-10-13-16-19-22-25-28-31-34-37-40-43-46-49-55(58)61-52-53(51-60-54(57)48-45-42-39-36-33-30-27-24-21-18-15-12-9-6-3)62-56(59)50-47-44-41-38-35-32-29-26-23-20-17-14-11-8-5-2/h7,9-10,12-13,16-23,25-28,30,53H,4-6,8,11,14-15,24,29,31-52H2,1-3H3/b10-7-,12-9-,16-13-,20-17-,21-18-,22-19-,26-23-,28-25-,30-27-. The Labute approximate surface area is 380 Å². The molecule has 0 saturated carbocycles. The summed E-state index contributed by atoms with van der Waals surface area (Å²) in [6, 6.07) is 0. The average molecular weight is 859 g/mol. The summed E-state index contributed by atoms with van der Waals surface area (Å²) in [7, 11) is 0. The Balaban J connectivity index is 4.51. The Morgan fingerprint density at radius 2 is 0.710 bits per heavy atom. The van der Waals surface area contributed by atoms with Crippen LogP contribution in [0.4, 0.5) is 0 Å². The topological polar surface area (TPSA) is 78.9 Å². The second-order valence-corrected chi connectivity index (χ2v) is 16.1. The van der Waals surface area contributed by atoms with Crippen molar-refractivity contribution in [3.8, 4) is 0 Å². The molecule has 0 aromatic carbocycles. The highest BCUT2D eigenvalue weighted by Crippen LogP contribution is 2.13. The number of carbonyl (C=O) groups excluding carboxylic acids is 3. The molecule has 350 valence electrons. The molecule has 0 amide bonds. The average Bonchev–Trinajstić information content (AvgIpc) is 3.27. The van der Waals surface area contributed by atoms with Gasteiger partial charge in [-0.25, -0.2) is 0 Å².